The number of halogens is 2. The SMILES string of the molecule is O=C(Cc1cccc(F)c1F)N1CCOC[C@@H]1[C@H]1CCC[C@@H]1O. The molecule has 3 rings (SSSR count). The van der Waals surface area contributed by atoms with E-state index in [0.717, 1.165) is 25.3 Å². The lowest BCUT2D eigenvalue weighted by Gasteiger charge is -2.40. The fourth-order valence-corrected chi connectivity index (χ4v) is 3.65. The van der Waals surface area contributed by atoms with Gasteiger partial charge < -0.3 is 14.7 Å². The summed E-state index contributed by atoms with van der Waals surface area (Å²) in [6.07, 6.45) is 1.92. The summed E-state index contributed by atoms with van der Waals surface area (Å²) in [6.45, 7) is 1.24. The van der Waals surface area contributed by atoms with E-state index in [2.05, 4.69) is 0 Å². The Kier molecular flexibility index (Phi) is 4.92. The lowest BCUT2D eigenvalue weighted by Crippen LogP contribution is -2.54. The Morgan fingerprint density at radius 1 is 1.35 bits per heavy atom. The van der Waals surface area contributed by atoms with Crippen molar-refractivity contribution in [3.63, 3.8) is 0 Å². The molecule has 0 aromatic heterocycles. The van der Waals surface area contributed by atoms with Gasteiger partial charge >= 0.3 is 0 Å². The van der Waals surface area contributed by atoms with Gasteiger partial charge in [0.05, 0.1) is 31.8 Å². The molecule has 0 bridgehead atoms. The fourth-order valence-electron chi connectivity index (χ4n) is 3.65. The Bertz CT molecular complexity index is 581. The number of amides is 1. The summed E-state index contributed by atoms with van der Waals surface area (Å²) < 4.78 is 32.5. The van der Waals surface area contributed by atoms with Gasteiger partial charge in [0, 0.05) is 18.0 Å². The van der Waals surface area contributed by atoms with Crippen molar-refractivity contribution in [3.8, 4) is 0 Å². The van der Waals surface area contributed by atoms with Gasteiger partial charge in [0.15, 0.2) is 11.6 Å². The Morgan fingerprint density at radius 2 is 2.17 bits per heavy atom. The van der Waals surface area contributed by atoms with E-state index in [1.807, 2.05) is 0 Å². The van der Waals surface area contributed by atoms with Crippen molar-refractivity contribution in [1.82, 2.24) is 4.90 Å². The lowest BCUT2D eigenvalue weighted by molar-refractivity contribution is -0.143. The number of aliphatic hydroxyl groups excluding tert-OH is 1. The molecule has 1 aromatic carbocycles. The fraction of sp³-hybridized carbons (Fsp3) is 0.588. The number of benzene rings is 1. The molecule has 0 radical (unpaired) electrons. The van der Waals surface area contributed by atoms with E-state index in [1.54, 1.807) is 4.90 Å². The van der Waals surface area contributed by atoms with Crippen LogP contribution in [0.2, 0.25) is 0 Å². The molecule has 6 heteroatoms. The van der Waals surface area contributed by atoms with E-state index in [1.165, 1.54) is 12.1 Å². The van der Waals surface area contributed by atoms with E-state index in [4.69, 9.17) is 4.74 Å². The van der Waals surface area contributed by atoms with Crippen LogP contribution in [0, 0.1) is 17.6 Å². The zero-order chi connectivity index (χ0) is 16.4. The standard InChI is InChI=1S/C17H21F2NO3/c18-13-5-1-3-11(17(13)19)9-16(22)20-7-8-23-10-14(20)12-4-2-6-15(12)21/h1,3,5,12,14-15,21H,2,4,6-10H2/t12-,14-,15+/m1/s1. The Balaban J connectivity index is 1.75. The summed E-state index contributed by atoms with van der Waals surface area (Å²) in [7, 11) is 0. The van der Waals surface area contributed by atoms with Crippen molar-refractivity contribution in [3.05, 3.63) is 35.4 Å². The Labute approximate surface area is 134 Å². The minimum atomic E-state index is -0.966. The maximum Gasteiger partial charge on any atom is 0.227 e. The van der Waals surface area contributed by atoms with Crippen LogP contribution in [0.4, 0.5) is 8.78 Å². The molecule has 1 amide bonds. The van der Waals surface area contributed by atoms with Crippen molar-refractivity contribution in [2.45, 2.75) is 37.8 Å². The summed E-state index contributed by atoms with van der Waals surface area (Å²) in [5, 5.41) is 10.1. The van der Waals surface area contributed by atoms with Crippen molar-refractivity contribution >= 4 is 5.91 Å². The van der Waals surface area contributed by atoms with Crippen LogP contribution in [0.5, 0.6) is 0 Å². The van der Waals surface area contributed by atoms with Gasteiger partial charge in [0.1, 0.15) is 0 Å². The number of carbonyl (C=O) groups excluding carboxylic acids is 1. The van der Waals surface area contributed by atoms with Crippen molar-refractivity contribution in [2.75, 3.05) is 19.8 Å². The smallest absolute Gasteiger partial charge is 0.227 e. The molecule has 1 saturated carbocycles. The zero-order valence-electron chi connectivity index (χ0n) is 12.9. The zero-order valence-corrected chi connectivity index (χ0v) is 12.9. The van der Waals surface area contributed by atoms with E-state index in [-0.39, 0.29) is 29.9 Å². The number of hydrogen-bond donors (Lipinski definition) is 1. The third-order valence-corrected chi connectivity index (χ3v) is 4.88. The van der Waals surface area contributed by atoms with Crippen molar-refractivity contribution in [1.29, 1.82) is 0 Å². The first-order valence-corrected chi connectivity index (χ1v) is 8.06. The molecule has 126 valence electrons. The largest absolute Gasteiger partial charge is 0.393 e. The highest BCUT2D eigenvalue weighted by molar-refractivity contribution is 5.79. The highest BCUT2D eigenvalue weighted by Gasteiger charge is 2.39. The van der Waals surface area contributed by atoms with Gasteiger partial charge in [-0.25, -0.2) is 8.78 Å². The van der Waals surface area contributed by atoms with Crippen molar-refractivity contribution < 1.29 is 23.4 Å². The van der Waals surface area contributed by atoms with E-state index in [0.29, 0.717) is 19.8 Å². The number of carbonyl (C=O) groups is 1. The second-order valence-corrected chi connectivity index (χ2v) is 6.28. The van der Waals surface area contributed by atoms with Crippen LogP contribution in [-0.4, -0.2) is 47.8 Å². The van der Waals surface area contributed by atoms with Gasteiger partial charge in [0.25, 0.3) is 0 Å². The minimum Gasteiger partial charge on any atom is -0.393 e. The van der Waals surface area contributed by atoms with E-state index >= 15 is 0 Å². The van der Waals surface area contributed by atoms with Crippen LogP contribution < -0.4 is 0 Å². The number of hydrogen-bond acceptors (Lipinski definition) is 3. The average Bonchev–Trinajstić information content (AvgIpc) is 2.98. The summed E-state index contributed by atoms with van der Waals surface area (Å²) >= 11 is 0. The van der Waals surface area contributed by atoms with Gasteiger partial charge in [-0.15, -0.1) is 0 Å². The molecule has 1 aromatic rings. The molecule has 3 atom stereocenters. The Hall–Kier alpha value is -1.53. The first kappa shape index (κ1) is 16.3. The van der Waals surface area contributed by atoms with Crippen LogP contribution in [0.25, 0.3) is 0 Å². The van der Waals surface area contributed by atoms with Crippen LogP contribution in [0.1, 0.15) is 24.8 Å². The van der Waals surface area contributed by atoms with Crippen LogP contribution in [0.15, 0.2) is 18.2 Å². The molecule has 0 unspecified atom stereocenters. The third kappa shape index (κ3) is 3.38. The monoisotopic (exact) mass is 325 g/mol. The number of ether oxygens (including phenoxy) is 1. The second kappa shape index (κ2) is 6.93. The first-order valence-electron chi connectivity index (χ1n) is 8.06. The van der Waals surface area contributed by atoms with Crippen LogP contribution >= 0.6 is 0 Å². The maximum absolute atomic E-state index is 13.8. The molecular formula is C17H21F2NO3. The number of aliphatic hydroxyl groups is 1. The highest BCUT2D eigenvalue weighted by atomic mass is 19.2. The van der Waals surface area contributed by atoms with Gasteiger partial charge in [0.2, 0.25) is 5.91 Å². The van der Waals surface area contributed by atoms with Crippen molar-refractivity contribution in [2.24, 2.45) is 5.92 Å². The molecule has 1 N–H and O–H groups in total. The highest BCUT2D eigenvalue weighted by Crippen LogP contribution is 2.32. The predicted octanol–water partition coefficient (Wildman–Crippen LogP) is 1.90. The van der Waals surface area contributed by atoms with E-state index in [9.17, 15) is 18.7 Å². The van der Waals surface area contributed by atoms with Gasteiger partial charge in [-0.3, -0.25) is 4.79 Å². The van der Waals surface area contributed by atoms with E-state index < -0.39 is 17.7 Å². The molecule has 1 aliphatic heterocycles. The maximum atomic E-state index is 13.8. The number of rotatable bonds is 3. The van der Waals surface area contributed by atoms with Gasteiger partial charge in [-0.05, 0) is 18.9 Å². The lowest BCUT2D eigenvalue weighted by atomic mass is 9.93. The van der Waals surface area contributed by atoms with Crippen LogP contribution in [-0.2, 0) is 16.0 Å². The molecular weight excluding hydrogens is 304 g/mol. The molecule has 2 aliphatic rings. The Morgan fingerprint density at radius 3 is 2.91 bits per heavy atom. The summed E-state index contributed by atoms with van der Waals surface area (Å²) in [6, 6.07) is 3.68. The number of morpholine rings is 1. The predicted molar refractivity (Wildman–Crippen MR) is 79.7 cm³/mol. The number of nitrogens with zero attached hydrogens (tertiary/aromatic N) is 1. The molecule has 1 saturated heterocycles. The van der Waals surface area contributed by atoms with Gasteiger partial charge in [-0.1, -0.05) is 18.6 Å². The van der Waals surface area contributed by atoms with Gasteiger partial charge in [-0.2, -0.15) is 0 Å². The second-order valence-electron chi connectivity index (χ2n) is 6.28. The molecule has 23 heavy (non-hydrogen) atoms. The summed E-state index contributed by atoms with van der Waals surface area (Å²) in [5.41, 5.74) is 0.0622. The molecule has 2 fully saturated rings. The minimum absolute atomic E-state index is 0.00314. The first-order chi connectivity index (χ1) is 11.1. The quantitative estimate of drug-likeness (QED) is 0.923. The molecule has 1 aliphatic carbocycles. The topological polar surface area (TPSA) is 49.8 Å². The third-order valence-electron chi connectivity index (χ3n) is 4.88. The normalized spacial score (nSPS) is 28.1. The molecule has 1 heterocycles. The molecule has 0 spiro atoms. The summed E-state index contributed by atoms with van der Waals surface area (Å²) in [4.78, 5) is 14.3. The molecule has 4 nitrogen and oxygen atoms in total. The average molecular weight is 325 g/mol. The van der Waals surface area contributed by atoms with Crippen LogP contribution in [0.3, 0.4) is 0 Å². The summed E-state index contributed by atoms with van der Waals surface area (Å²) in [5.74, 6) is -2.16.